The molecule has 9 heteroatoms. The molecule has 2 atom stereocenters. The van der Waals surface area contributed by atoms with Crippen LogP contribution in [0.1, 0.15) is 0 Å². The molecular formula is C3H6MgO6P2+2. The summed E-state index contributed by atoms with van der Waals surface area (Å²) < 4.78 is 21.6. The van der Waals surface area contributed by atoms with Crippen molar-refractivity contribution in [2.45, 2.75) is 0 Å². The van der Waals surface area contributed by atoms with Gasteiger partial charge >= 0.3 is 39.6 Å². The molecule has 0 amide bonds. The summed E-state index contributed by atoms with van der Waals surface area (Å²) in [5.41, 5.74) is 0. The first kappa shape index (κ1) is 18.4. The fourth-order valence-electron chi connectivity index (χ4n) is 0.0544. The first-order valence-electron chi connectivity index (χ1n) is 2.23. The van der Waals surface area contributed by atoms with Gasteiger partial charge in [0.15, 0.2) is 0 Å². The first-order valence-corrected chi connectivity index (χ1v) is 4.42. The molecule has 6 nitrogen and oxygen atoms in total. The van der Waals surface area contributed by atoms with E-state index in [0.717, 1.165) is 0 Å². The van der Waals surface area contributed by atoms with Crippen LogP contribution in [0, 0.1) is 0 Å². The molecule has 0 spiro atoms. The predicted octanol–water partition coefficient (Wildman–Crippen LogP) is -1.18. The third-order valence-corrected chi connectivity index (χ3v) is 1.33. The summed E-state index contributed by atoms with van der Waals surface area (Å²) in [5, 5.41) is 7.76. The third-order valence-electron chi connectivity index (χ3n) is 0.262. The van der Waals surface area contributed by atoms with Gasteiger partial charge in [0.1, 0.15) is 4.31 Å². The predicted molar refractivity (Wildman–Crippen MR) is 39.3 cm³/mol. The maximum atomic E-state index is 9.24. The van der Waals surface area contributed by atoms with Crippen molar-refractivity contribution in [3.8, 4) is 0 Å². The van der Waals surface area contributed by atoms with E-state index in [1.165, 1.54) is 6.08 Å². The molecule has 0 saturated carbocycles. The molecular weight excluding hydrogens is 218 g/mol. The zero-order valence-corrected chi connectivity index (χ0v) is 9.28. The second-order valence-electron chi connectivity index (χ2n) is 1.00. The van der Waals surface area contributed by atoms with E-state index in [1.54, 1.807) is 0 Å². The van der Waals surface area contributed by atoms with Crippen molar-refractivity contribution in [3.05, 3.63) is 12.7 Å². The standard InChI is InChI=1S/C3H6O.Mg.O5P2/c1-2-3-4;;1-6(2)5-7(3)4/h2,4H,1,3H2;;/q;+2;. The van der Waals surface area contributed by atoms with Gasteiger partial charge in [-0.2, -0.15) is 0 Å². The van der Waals surface area contributed by atoms with Gasteiger partial charge in [-0.05, 0) is 9.13 Å². The minimum absolute atomic E-state index is 0. The fraction of sp³-hybridized carbons (Fsp3) is 0.333. The summed E-state index contributed by atoms with van der Waals surface area (Å²) in [7, 11) is -6.47. The van der Waals surface area contributed by atoms with Gasteiger partial charge < -0.3 is 14.9 Å². The summed E-state index contributed by atoms with van der Waals surface area (Å²) in [6.45, 7) is 3.31. The molecule has 64 valence electrons. The second kappa shape index (κ2) is 14.1. The molecule has 0 aliphatic rings. The van der Waals surface area contributed by atoms with Crippen LogP contribution in [0.4, 0.5) is 0 Å². The van der Waals surface area contributed by atoms with Gasteiger partial charge in [0.25, 0.3) is 0 Å². The molecule has 1 N–H and O–H groups in total. The molecule has 12 heavy (non-hydrogen) atoms. The van der Waals surface area contributed by atoms with Crippen LogP contribution >= 0.6 is 16.5 Å². The Balaban J connectivity index is -0.000000142. The Bertz CT molecular complexity index is 138. The number of hydrogen-bond acceptors (Lipinski definition) is 6. The van der Waals surface area contributed by atoms with Crippen LogP contribution in [0.25, 0.3) is 0 Å². The second-order valence-corrected chi connectivity index (χ2v) is 2.55. The largest absolute Gasteiger partial charge is 2.00 e. The van der Waals surface area contributed by atoms with Crippen molar-refractivity contribution < 1.29 is 28.3 Å². The van der Waals surface area contributed by atoms with Gasteiger partial charge in [0, 0.05) is 0 Å². The average Bonchev–Trinajstić information content (AvgIpc) is 1.85. The minimum atomic E-state index is -3.24. The SMILES string of the molecule is C=CCO.O=[P+]([O-])O[P+](=O)[O-].[Mg+2]. The summed E-state index contributed by atoms with van der Waals surface area (Å²) in [6, 6.07) is 0. The summed E-state index contributed by atoms with van der Waals surface area (Å²) in [6.07, 6.45) is 1.43. The third kappa shape index (κ3) is 31.2. The summed E-state index contributed by atoms with van der Waals surface area (Å²) in [4.78, 5) is 18.5. The quantitative estimate of drug-likeness (QED) is 0.367. The Kier molecular flexibility index (Phi) is 21.6. The van der Waals surface area contributed by atoms with Crippen molar-refractivity contribution in [1.82, 2.24) is 0 Å². The van der Waals surface area contributed by atoms with E-state index in [4.69, 9.17) is 5.11 Å². The number of aliphatic hydroxyl groups excluding tert-OH is 1. The number of rotatable bonds is 3. The van der Waals surface area contributed by atoms with Gasteiger partial charge in [-0.15, -0.1) is 6.58 Å². The number of hydrogen-bond donors (Lipinski definition) is 1. The molecule has 0 aliphatic heterocycles. The summed E-state index contributed by atoms with van der Waals surface area (Å²) >= 11 is 0. The van der Waals surface area contributed by atoms with E-state index in [-0.39, 0.29) is 29.7 Å². The minimum Gasteiger partial charge on any atom is -0.563 e. The van der Waals surface area contributed by atoms with Gasteiger partial charge in [-0.1, -0.05) is 6.08 Å². The Morgan fingerprint density at radius 2 is 1.67 bits per heavy atom. The van der Waals surface area contributed by atoms with Crippen molar-refractivity contribution >= 4 is 39.6 Å². The van der Waals surface area contributed by atoms with E-state index in [1.807, 2.05) is 0 Å². The first-order chi connectivity index (χ1) is 5.04. The van der Waals surface area contributed by atoms with Gasteiger partial charge in [-0.3, -0.25) is 0 Å². The van der Waals surface area contributed by atoms with Crippen LogP contribution in [-0.2, 0) is 13.4 Å². The molecule has 2 unspecified atom stereocenters. The Hall–Kier alpha value is 0.546. The molecule has 0 aliphatic carbocycles. The maximum Gasteiger partial charge on any atom is 2.00 e. The van der Waals surface area contributed by atoms with Crippen LogP contribution in [-0.4, -0.2) is 34.8 Å². The summed E-state index contributed by atoms with van der Waals surface area (Å²) in [5.74, 6) is 0. The molecule has 0 heterocycles. The van der Waals surface area contributed by atoms with Crippen molar-refractivity contribution in [2.75, 3.05) is 6.61 Å². The molecule has 0 aromatic heterocycles. The molecule has 0 rings (SSSR count). The van der Waals surface area contributed by atoms with E-state index in [2.05, 4.69) is 10.9 Å². The van der Waals surface area contributed by atoms with Crippen LogP contribution in [0.15, 0.2) is 12.7 Å². The molecule has 0 fully saturated rings. The van der Waals surface area contributed by atoms with Crippen LogP contribution in [0.2, 0.25) is 0 Å². The maximum absolute atomic E-state index is 9.24. The van der Waals surface area contributed by atoms with E-state index >= 15 is 0 Å². The smallest absolute Gasteiger partial charge is 0.563 e. The van der Waals surface area contributed by atoms with Crippen molar-refractivity contribution in [2.24, 2.45) is 0 Å². The van der Waals surface area contributed by atoms with E-state index in [9.17, 15) is 18.9 Å². The van der Waals surface area contributed by atoms with E-state index in [0.29, 0.717) is 0 Å². The van der Waals surface area contributed by atoms with Gasteiger partial charge in [-0.25, -0.2) is 0 Å². The number of aliphatic hydroxyl groups is 1. The zero-order valence-electron chi connectivity index (χ0n) is 6.08. The van der Waals surface area contributed by atoms with Crippen molar-refractivity contribution in [3.63, 3.8) is 0 Å². The van der Waals surface area contributed by atoms with Gasteiger partial charge in [0.2, 0.25) is 0 Å². The average molecular weight is 224 g/mol. The van der Waals surface area contributed by atoms with Crippen LogP contribution < -0.4 is 9.79 Å². The molecule has 0 bridgehead atoms. The topological polar surface area (TPSA) is 110 Å². The normalized spacial score (nSPS) is 9.92. The van der Waals surface area contributed by atoms with Gasteiger partial charge in [0.05, 0.1) is 6.61 Å². The zero-order chi connectivity index (χ0) is 9.28. The Labute approximate surface area is 87.3 Å². The molecule has 0 aromatic rings. The molecule has 0 radical (unpaired) electrons. The Morgan fingerprint density at radius 1 is 1.42 bits per heavy atom. The van der Waals surface area contributed by atoms with Crippen LogP contribution in [0.3, 0.4) is 0 Å². The Morgan fingerprint density at radius 3 is 1.67 bits per heavy atom. The van der Waals surface area contributed by atoms with Crippen LogP contribution in [0.5, 0.6) is 0 Å². The van der Waals surface area contributed by atoms with Crippen molar-refractivity contribution in [1.29, 1.82) is 0 Å². The fourth-order valence-corrected chi connectivity index (χ4v) is 0.490. The molecule has 0 saturated heterocycles. The van der Waals surface area contributed by atoms with E-state index < -0.39 is 16.5 Å². The monoisotopic (exact) mass is 224 g/mol. The molecule has 0 aromatic carbocycles.